The molecule has 2 aromatic carbocycles. The lowest BCUT2D eigenvalue weighted by molar-refractivity contribution is -0.144. The molecule has 0 saturated heterocycles. The molecule has 0 aliphatic rings. The predicted molar refractivity (Wildman–Crippen MR) is 90.8 cm³/mol. The van der Waals surface area contributed by atoms with E-state index in [4.69, 9.17) is 24.2 Å². The molecule has 2 rings (SSSR count). The van der Waals surface area contributed by atoms with E-state index in [1.165, 1.54) is 21.3 Å². The fraction of sp³-hybridized carbons (Fsp3) is 0.263. The molecule has 0 heterocycles. The smallest absolute Gasteiger partial charge is 0.310 e. The summed E-state index contributed by atoms with van der Waals surface area (Å²) in [5.74, 6) is 0.992. The maximum atomic E-state index is 12.1. The first-order valence-electron chi connectivity index (χ1n) is 7.55. The van der Waals surface area contributed by atoms with Gasteiger partial charge in [-0.15, -0.1) is 0 Å². The van der Waals surface area contributed by atoms with Crippen molar-refractivity contribution >= 4 is 5.97 Å². The Kier molecular flexibility index (Phi) is 6.24. The van der Waals surface area contributed by atoms with E-state index in [1.807, 2.05) is 0 Å². The van der Waals surface area contributed by atoms with Crippen molar-refractivity contribution in [2.75, 3.05) is 21.3 Å². The van der Waals surface area contributed by atoms with Crippen LogP contribution in [0.2, 0.25) is 0 Å². The normalized spacial score (nSPS) is 9.84. The Bertz CT molecular complexity index is 770. The van der Waals surface area contributed by atoms with Crippen LogP contribution in [-0.4, -0.2) is 27.3 Å². The second kappa shape index (κ2) is 8.60. The molecule has 130 valence electrons. The number of hydrogen-bond acceptors (Lipinski definition) is 6. The van der Waals surface area contributed by atoms with Gasteiger partial charge in [-0.1, -0.05) is 18.2 Å². The fourth-order valence-electron chi connectivity index (χ4n) is 2.37. The predicted octanol–water partition coefficient (Wildman–Crippen LogP) is 2.87. The molecule has 0 fully saturated rings. The summed E-state index contributed by atoms with van der Waals surface area (Å²) in [6, 6.07) is 12.5. The first kappa shape index (κ1) is 18.1. The van der Waals surface area contributed by atoms with Crippen molar-refractivity contribution in [3.63, 3.8) is 0 Å². The molecule has 0 aromatic heterocycles. The monoisotopic (exact) mass is 341 g/mol. The Balaban J connectivity index is 2.09. The van der Waals surface area contributed by atoms with Gasteiger partial charge >= 0.3 is 5.97 Å². The largest absolute Gasteiger partial charge is 0.493 e. The number of carbonyl (C=O) groups excluding carboxylic acids is 1. The van der Waals surface area contributed by atoms with Crippen LogP contribution < -0.4 is 14.2 Å². The molecule has 25 heavy (non-hydrogen) atoms. The Morgan fingerprint density at radius 1 is 1.04 bits per heavy atom. The number of esters is 1. The topological polar surface area (TPSA) is 77.8 Å². The van der Waals surface area contributed by atoms with Gasteiger partial charge < -0.3 is 18.9 Å². The highest BCUT2D eigenvalue weighted by Gasteiger charge is 2.15. The Morgan fingerprint density at radius 2 is 1.68 bits per heavy atom. The molecule has 6 heteroatoms. The minimum atomic E-state index is -0.415. The van der Waals surface area contributed by atoms with Crippen LogP contribution in [0.25, 0.3) is 0 Å². The van der Waals surface area contributed by atoms with Gasteiger partial charge in [-0.25, -0.2) is 0 Å². The van der Waals surface area contributed by atoms with Gasteiger partial charge in [-0.2, -0.15) is 5.26 Å². The second-order valence-corrected chi connectivity index (χ2v) is 5.14. The minimum absolute atomic E-state index is 0.0471. The van der Waals surface area contributed by atoms with Gasteiger partial charge in [0, 0.05) is 5.56 Å². The highest BCUT2D eigenvalue weighted by molar-refractivity contribution is 5.73. The zero-order chi connectivity index (χ0) is 18.2. The van der Waals surface area contributed by atoms with Crippen molar-refractivity contribution in [2.45, 2.75) is 13.0 Å². The van der Waals surface area contributed by atoms with E-state index < -0.39 is 5.97 Å². The summed E-state index contributed by atoms with van der Waals surface area (Å²) < 4.78 is 21.1. The van der Waals surface area contributed by atoms with Crippen molar-refractivity contribution < 1.29 is 23.7 Å². The average Bonchev–Trinajstić information content (AvgIpc) is 2.65. The van der Waals surface area contributed by atoms with Crippen LogP contribution in [0.5, 0.6) is 17.2 Å². The van der Waals surface area contributed by atoms with E-state index in [0.29, 0.717) is 33.9 Å². The molecule has 0 aliphatic heterocycles. The van der Waals surface area contributed by atoms with Crippen LogP contribution in [0, 0.1) is 11.3 Å². The molecular formula is C19H19NO5. The Morgan fingerprint density at radius 3 is 2.24 bits per heavy atom. The van der Waals surface area contributed by atoms with Crippen LogP contribution in [0.4, 0.5) is 0 Å². The number of rotatable bonds is 7. The average molecular weight is 341 g/mol. The zero-order valence-corrected chi connectivity index (χ0v) is 14.4. The molecule has 0 spiro atoms. The lowest BCUT2D eigenvalue weighted by atomic mass is 10.1. The molecule has 0 bridgehead atoms. The zero-order valence-electron chi connectivity index (χ0n) is 14.4. The minimum Gasteiger partial charge on any atom is -0.493 e. The molecule has 0 aliphatic carbocycles. The lowest BCUT2D eigenvalue weighted by Crippen LogP contribution is -2.09. The van der Waals surface area contributed by atoms with Crippen LogP contribution in [0.15, 0.2) is 36.4 Å². The third-order valence-corrected chi connectivity index (χ3v) is 3.60. The summed E-state index contributed by atoms with van der Waals surface area (Å²) in [6.45, 7) is 0.0486. The van der Waals surface area contributed by atoms with E-state index in [-0.39, 0.29) is 13.0 Å². The van der Waals surface area contributed by atoms with E-state index in [0.717, 1.165) is 0 Å². The molecule has 2 aromatic rings. The number of benzene rings is 2. The molecule has 0 unspecified atom stereocenters. The van der Waals surface area contributed by atoms with Gasteiger partial charge in [-0.3, -0.25) is 4.79 Å². The number of hydrogen-bond donors (Lipinski definition) is 0. The molecule has 0 radical (unpaired) electrons. The Hall–Kier alpha value is -3.20. The maximum Gasteiger partial charge on any atom is 0.310 e. The first-order chi connectivity index (χ1) is 12.1. The third-order valence-electron chi connectivity index (χ3n) is 3.60. The van der Waals surface area contributed by atoms with E-state index in [1.54, 1.807) is 36.4 Å². The molecular weight excluding hydrogens is 322 g/mol. The van der Waals surface area contributed by atoms with Gasteiger partial charge in [0.2, 0.25) is 5.75 Å². The van der Waals surface area contributed by atoms with Gasteiger partial charge in [0.05, 0.1) is 39.4 Å². The third kappa shape index (κ3) is 4.42. The standard InChI is InChI=1S/C19H19NO5/c1-22-16-8-13(9-17(23-2)19(16)24-3)10-18(21)25-12-15-7-5-4-6-14(15)11-20/h4-9H,10,12H2,1-3H3. The summed E-state index contributed by atoms with van der Waals surface area (Å²) >= 11 is 0. The van der Waals surface area contributed by atoms with Crippen molar-refractivity contribution in [3.8, 4) is 23.3 Å². The van der Waals surface area contributed by atoms with Gasteiger partial charge in [0.15, 0.2) is 11.5 Å². The summed E-state index contributed by atoms with van der Waals surface area (Å²) in [5, 5.41) is 9.05. The van der Waals surface area contributed by atoms with Crippen LogP contribution in [0.3, 0.4) is 0 Å². The van der Waals surface area contributed by atoms with Gasteiger partial charge in [0.1, 0.15) is 6.61 Å². The second-order valence-electron chi connectivity index (χ2n) is 5.14. The van der Waals surface area contributed by atoms with Crippen LogP contribution >= 0.6 is 0 Å². The number of nitrogens with zero attached hydrogens (tertiary/aromatic N) is 1. The SMILES string of the molecule is COc1cc(CC(=O)OCc2ccccc2C#N)cc(OC)c1OC. The quantitative estimate of drug-likeness (QED) is 0.721. The van der Waals surface area contributed by atoms with E-state index in [2.05, 4.69) is 6.07 Å². The van der Waals surface area contributed by atoms with Gasteiger partial charge in [-0.05, 0) is 23.8 Å². The van der Waals surface area contributed by atoms with Crippen LogP contribution in [-0.2, 0) is 22.6 Å². The number of nitriles is 1. The van der Waals surface area contributed by atoms with Crippen molar-refractivity contribution in [1.82, 2.24) is 0 Å². The molecule has 6 nitrogen and oxygen atoms in total. The first-order valence-corrected chi connectivity index (χ1v) is 7.55. The number of carbonyl (C=O) groups is 1. The molecule has 0 N–H and O–H groups in total. The fourth-order valence-corrected chi connectivity index (χ4v) is 2.37. The van der Waals surface area contributed by atoms with Crippen molar-refractivity contribution in [1.29, 1.82) is 5.26 Å². The highest BCUT2D eigenvalue weighted by Crippen LogP contribution is 2.38. The Labute approximate surface area is 146 Å². The number of ether oxygens (including phenoxy) is 4. The van der Waals surface area contributed by atoms with E-state index >= 15 is 0 Å². The molecule has 0 atom stereocenters. The molecule has 0 saturated carbocycles. The lowest BCUT2D eigenvalue weighted by Gasteiger charge is -2.14. The molecule has 0 amide bonds. The van der Waals surface area contributed by atoms with E-state index in [9.17, 15) is 4.79 Å². The van der Waals surface area contributed by atoms with Crippen molar-refractivity contribution in [3.05, 3.63) is 53.1 Å². The van der Waals surface area contributed by atoms with Crippen LogP contribution in [0.1, 0.15) is 16.7 Å². The highest BCUT2D eigenvalue weighted by atomic mass is 16.5. The van der Waals surface area contributed by atoms with Crippen molar-refractivity contribution in [2.24, 2.45) is 0 Å². The summed E-state index contributed by atoms with van der Waals surface area (Å²) in [5.41, 5.74) is 1.83. The van der Waals surface area contributed by atoms with Gasteiger partial charge in [0.25, 0.3) is 0 Å². The number of methoxy groups -OCH3 is 3. The summed E-state index contributed by atoms with van der Waals surface area (Å²) in [4.78, 5) is 12.1. The summed E-state index contributed by atoms with van der Waals surface area (Å²) in [6.07, 6.45) is 0.0471. The summed E-state index contributed by atoms with van der Waals surface area (Å²) in [7, 11) is 4.54. The maximum absolute atomic E-state index is 12.1.